The fourth-order valence-electron chi connectivity index (χ4n) is 3.27. The van der Waals surface area contributed by atoms with E-state index in [4.69, 9.17) is 0 Å². The fraction of sp³-hybridized carbons (Fsp3) is 0.471. The molecule has 0 spiro atoms. The molecule has 0 radical (unpaired) electrons. The molecule has 1 N–H and O–H groups in total. The molecule has 2 fully saturated rings. The van der Waals surface area contributed by atoms with Crippen molar-refractivity contribution < 1.29 is 19.5 Å². The van der Waals surface area contributed by atoms with E-state index in [9.17, 15) is 19.5 Å². The Morgan fingerprint density at radius 2 is 1.83 bits per heavy atom. The summed E-state index contributed by atoms with van der Waals surface area (Å²) in [6, 6.07) is 5.79. The number of aliphatic hydroxyl groups is 1. The van der Waals surface area contributed by atoms with Crippen LogP contribution in [-0.2, 0) is 9.59 Å². The number of hydrogen-bond acceptors (Lipinski definition) is 4. The van der Waals surface area contributed by atoms with Gasteiger partial charge in [0.05, 0.1) is 13.2 Å². The van der Waals surface area contributed by atoms with E-state index in [2.05, 4.69) is 0 Å². The van der Waals surface area contributed by atoms with Gasteiger partial charge in [0.15, 0.2) is 0 Å². The Morgan fingerprint density at radius 1 is 1.17 bits per heavy atom. The van der Waals surface area contributed by atoms with Crippen LogP contribution in [0.3, 0.4) is 0 Å². The van der Waals surface area contributed by atoms with E-state index in [0.717, 1.165) is 5.56 Å². The third kappa shape index (κ3) is 2.65. The molecule has 0 bridgehead atoms. The highest BCUT2D eigenvalue weighted by atomic mass is 16.3. The molecule has 2 atom stereocenters. The lowest BCUT2D eigenvalue weighted by atomic mass is 10.0. The molecule has 2 aliphatic rings. The molecule has 0 aromatic heterocycles. The van der Waals surface area contributed by atoms with Gasteiger partial charge in [0, 0.05) is 25.7 Å². The molecule has 1 aromatic carbocycles. The number of fused-ring (bicyclic) bond motifs is 1. The average Bonchev–Trinajstić information content (AvgIpc) is 2.60. The summed E-state index contributed by atoms with van der Waals surface area (Å²) < 4.78 is 0. The Bertz CT molecular complexity index is 673. The van der Waals surface area contributed by atoms with Gasteiger partial charge in [0.2, 0.25) is 11.8 Å². The summed E-state index contributed by atoms with van der Waals surface area (Å²) in [5.41, 5.74) is 1.64. The summed E-state index contributed by atoms with van der Waals surface area (Å²) in [5.74, 6) is -0.635. The van der Waals surface area contributed by atoms with Gasteiger partial charge in [-0.2, -0.15) is 0 Å². The zero-order chi connectivity index (χ0) is 17.4. The number of benzene rings is 1. The second-order valence-electron chi connectivity index (χ2n) is 6.31. The molecule has 7 nitrogen and oxygen atoms in total. The monoisotopic (exact) mass is 331 g/mol. The third-order valence-electron chi connectivity index (χ3n) is 4.81. The standard InChI is InChI=1S/C17H21N3O4/c1-11-3-5-12(6-4-11)15(22)19-7-8-20-13(9-19)16(23)18(2)14(10-21)17(20)24/h3-6,13-14,21H,7-10H2,1-2H3/t13-,14+/m1/s1. The van der Waals surface area contributed by atoms with Crippen LogP contribution in [0.15, 0.2) is 24.3 Å². The van der Waals surface area contributed by atoms with E-state index in [1.165, 1.54) is 16.8 Å². The Morgan fingerprint density at radius 3 is 2.46 bits per heavy atom. The van der Waals surface area contributed by atoms with Gasteiger partial charge in [0.25, 0.3) is 5.91 Å². The third-order valence-corrected chi connectivity index (χ3v) is 4.81. The van der Waals surface area contributed by atoms with Crippen LogP contribution in [0.4, 0.5) is 0 Å². The van der Waals surface area contributed by atoms with Crippen LogP contribution in [0.5, 0.6) is 0 Å². The number of nitrogens with zero attached hydrogens (tertiary/aromatic N) is 3. The zero-order valence-electron chi connectivity index (χ0n) is 13.8. The van der Waals surface area contributed by atoms with E-state index < -0.39 is 18.7 Å². The quantitative estimate of drug-likeness (QED) is 0.791. The molecule has 128 valence electrons. The number of likely N-dealkylation sites (N-methyl/N-ethyl adjacent to an activating group) is 1. The van der Waals surface area contributed by atoms with Crippen molar-refractivity contribution in [1.29, 1.82) is 0 Å². The van der Waals surface area contributed by atoms with Crippen LogP contribution < -0.4 is 0 Å². The molecule has 0 unspecified atom stereocenters. The van der Waals surface area contributed by atoms with E-state index in [1.54, 1.807) is 17.0 Å². The summed E-state index contributed by atoms with van der Waals surface area (Å²) in [6.45, 7) is 2.42. The van der Waals surface area contributed by atoms with Crippen LogP contribution in [0.25, 0.3) is 0 Å². The summed E-state index contributed by atoms with van der Waals surface area (Å²) in [4.78, 5) is 41.9. The summed E-state index contributed by atoms with van der Waals surface area (Å²) in [7, 11) is 1.51. The van der Waals surface area contributed by atoms with E-state index in [0.29, 0.717) is 18.7 Å². The first kappa shape index (κ1) is 16.4. The highest BCUT2D eigenvalue weighted by molar-refractivity contribution is 5.99. The van der Waals surface area contributed by atoms with Crippen molar-refractivity contribution in [3.05, 3.63) is 35.4 Å². The van der Waals surface area contributed by atoms with Gasteiger partial charge >= 0.3 is 0 Å². The van der Waals surface area contributed by atoms with Gasteiger partial charge in [-0.05, 0) is 19.1 Å². The molecule has 1 aromatic rings. The molecule has 0 saturated carbocycles. The number of carbonyl (C=O) groups excluding carboxylic acids is 3. The lowest BCUT2D eigenvalue weighted by molar-refractivity contribution is -0.164. The highest BCUT2D eigenvalue weighted by Gasteiger charge is 2.47. The van der Waals surface area contributed by atoms with Crippen molar-refractivity contribution >= 4 is 17.7 Å². The largest absolute Gasteiger partial charge is 0.394 e. The number of piperazine rings is 2. The molecule has 24 heavy (non-hydrogen) atoms. The van der Waals surface area contributed by atoms with Crippen LogP contribution in [0, 0.1) is 6.92 Å². The summed E-state index contributed by atoms with van der Waals surface area (Å²) in [5, 5.41) is 9.35. The van der Waals surface area contributed by atoms with E-state index >= 15 is 0 Å². The maximum Gasteiger partial charge on any atom is 0.253 e. The smallest absolute Gasteiger partial charge is 0.253 e. The number of hydrogen-bond donors (Lipinski definition) is 1. The summed E-state index contributed by atoms with van der Waals surface area (Å²) in [6.07, 6.45) is 0. The second-order valence-corrected chi connectivity index (χ2v) is 6.31. The minimum Gasteiger partial charge on any atom is -0.394 e. The second kappa shape index (κ2) is 6.24. The molecule has 2 heterocycles. The van der Waals surface area contributed by atoms with Crippen molar-refractivity contribution in [2.45, 2.75) is 19.0 Å². The average molecular weight is 331 g/mol. The van der Waals surface area contributed by atoms with Crippen molar-refractivity contribution in [1.82, 2.24) is 14.7 Å². The number of amides is 3. The minimum atomic E-state index is -0.826. The van der Waals surface area contributed by atoms with E-state index in [-0.39, 0.29) is 24.3 Å². The number of carbonyl (C=O) groups is 3. The van der Waals surface area contributed by atoms with Gasteiger partial charge in [-0.15, -0.1) is 0 Å². The van der Waals surface area contributed by atoms with Gasteiger partial charge in [-0.25, -0.2) is 0 Å². The Balaban J connectivity index is 1.78. The lowest BCUT2D eigenvalue weighted by Crippen LogP contribution is -2.70. The van der Waals surface area contributed by atoms with Crippen molar-refractivity contribution in [3.8, 4) is 0 Å². The number of rotatable bonds is 2. The fourth-order valence-corrected chi connectivity index (χ4v) is 3.27. The molecule has 3 amide bonds. The normalized spacial score (nSPS) is 24.2. The predicted molar refractivity (Wildman–Crippen MR) is 86.2 cm³/mol. The molecule has 0 aliphatic carbocycles. The topological polar surface area (TPSA) is 81.2 Å². The molecule has 3 rings (SSSR count). The first-order valence-electron chi connectivity index (χ1n) is 7.98. The summed E-state index contributed by atoms with van der Waals surface area (Å²) >= 11 is 0. The molecule has 2 aliphatic heterocycles. The van der Waals surface area contributed by atoms with Crippen LogP contribution in [0.1, 0.15) is 15.9 Å². The zero-order valence-corrected chi connectivity index (χ0v) is 13.8. The maximum atomic E-state index is 12.6. The lowest BCUT2D eigenvalue weighted by Gasteiger charge is -2.47. The SMILES string of the molecule is Cc1ccc(C(=O)N2CCN3C(=O)[C@H](CO)N(C)C(=O)[C@H]3C2)cc1. The van der Waals surface area contributed by atoms with Crippen LogP contribution in [0.2, 0.25) is 0 Å². The molecule has 7 heteroatoms. The molecular weight excluding hydrogens is 310 g/mol. The number of aliphatic hydroxyl groups excluding tert-OH is 1. The van der Waals surface area contributed by atoms with Gasteiger partial charge in [0.1, 0.15) is 12.1 Å². The number of aryl methyl sites for hydroxylation is 1. The first-order valence-corrected chi connectivity index (χ1v) is 7.98. The van der Waals surface area contributed by atoms with E-state index in [1.807, 2.05) is 19.1 Å². The molecule has 2 saturated heterocycles. The van der Waals surface area contributed by atoms with Gasteiger partial charge in [-0.1, -0.05) is 17.7 Å². The van der Waals surface area contributed by atoms with Crippen LogP contribution in [-0.4, -0.2) is 82.9 Å². The van der Waals surface area contributed by atoms with Crippen molar-refractivity contribution in [3.63, 3.8) is 0 Å². The predicted octanol–water partition coefficient (Wildman–Crippen LogP) is -0.519. The van der Waals surface area contributed by atoms with Gasteiger partial charge in [-0.3, -0.25) is 14.4 Å². The Kier molecular flexibility index (Phi) is 4.28. The maximum absolute atomic E-state index is 12.6. The van der Waals surface area contributed by atoms with Crippen molar-refractivity contribution in [2.24, 2.45) is 0 Å². The highest BCUT2D eigenvalue weighted by Crippen LogP contribution is 2.22. The Hall–Kier alpha value is -2.41. The van der Waals surface area contributed by atoms with Crippen molar-refractivity contribution in [2.75, 3.05) is 33.3 Å². The Labute approximate surface area is 140 Å². The first-order chi connectivity index (χ1) is 11.4. The molecular formula is C17H21N3O4. The van der Waals surface area contributed by atoms with Crippen LogP contribution >= 0.6 is 0 Å². The minimum absolute atomic E-state index is 0.137. The van der Waals surface area contributed by atoms with Gasteiger partial charge < -0.3 is 19.8 Å².